The van der Waals surface area contributed by atoms with Gasteiger partial charge in [0.15, 0.2) is 5.13 Å². The van der Waals surface area contributed by atoms with Gasteiger partial charge in [0.1, 0.15) is 35.8 Å². The van der Waals surface area contributed by atoms with Crippen molar-refractivity contribution >= 4 is 64.0 Å². The quantitative estimate of drug-likeness (QED) is 0.153. The van der Waals surface area contributed by atoms with Gasteiger partial charge in [-0.2, -0.15) is 0 Å². The number of nitrogens with zero attached hydrogens (tertiary/aromatic N) is 5. The lowest BCUT2D eigenvalue weighted by molar-refractivity contribution is -0.148. The molecule has 2 fully saturated rings. The van der Waals surface area contributed by atoms with Crippen molar-refractivity contribution in [1.29, 1.82) is 0 Å². The van der Waals surface area contributed by atoms with Crippen LogP contribution in [0.4, 0.5) is 15.3 Å². The molecule has 0 aliphatic carbocycles. The van der Waals surface area contributed by atoms with Gasteiger partial charge in [-0.3, -0.25) is 24.2 Å². The molecule has 1 aromatic heterocycles. The van der Waals surface area contributed by atoms with E-state index in [2.05, 4.69) is 10.1 Å². The van der Waals surface area contributed by atoms with E-state index in [0.717, 1.165) is 21.1 Å². The fourth-order valence-corrected chi connectivity index (χ4v) is 5.95. The van der Waals surface area contributed by atoms with Crippen molar-refractivity contribution in [2.45, 2.75) is 17.8 Å². The molecule has 2 saturated heterocycles. The van der Waals surface area contributed by atoms with Crippen LogP contribution in [0.3, 0.4) is 0 Å². The lowest BCUT2D eigenvalue weighted by Crippen LogP contribution is -2.71. The number of halogens is 1. The maximum absolute atomic E-state index is 13.1. The number of oxime groups is 1. The summed E-state index contributed by atoms with van der Waals surface area (Å²) in [4.78, 5) is 57.8. The van der Waals surface area contributed by atoms with Crippen LogP contribution >= 0.6 is 23.1 Å². The summed E-state index contributed by atoms with van der Waals surface area (Å²) >= 11 is 2.25. The van der Waals surface area contributed by atoms with Crippen molar-refractivity contribution in [2.24, 2.45) is 5.16 Å². The highest BCUT2D eigenvalue weighted by molar-refractivity contribution is 8.00. The number of β-lactam (4-membered cyclic amide) rings is 1. The van der Waals surface area contributed by atoms with Crippen molar-refractivity contribution < 1.29 is 33.9 Å². The second-order valence-electron chi connectivity index (χ2n) is 7.43. The minimum atomic E-state index is -1.36. The van der Waals surface area contributed by atoms with Crippen LogP contribution in [0.5, 0.6) is 0 Å². The standard InChI is InChI=1S/C19H19FN6O6S2/c20-2-4-24-3-1-9(15(24)28)5-10-7-33-17-14(16(29)26(17)13(10)18(30)31)25(12(27)6-22-32)11-8-34-19(21)23-11/h5-6,8,14,17,32H,1-4,7H2,(H2,21,23)(H,30,31)/t14-,17-/m1/s1. The number of amides is 3. The number of nitrogens with two attached hydrogens (primary N) is 1. The fraction of sp³-hybridized carbons (Fsp3) is 0.368. The van der Waals surface area contributed by atoms with Gasteiger partial charge in [-0.25, -0.2) is 14.2 Å². The molecule has 1 aromatic rings. The third-order valence-electron chi connectivity index (χ3n) is 5.53. The number of hydrogen-bond acceptors (Lipinski definition) is 10. The summed E-state index contributed by atoms with van der Waals surface area (Å²) in [6, 6.07) is -1.10. The molecular formula is C19H19FN6O6S2. The highest BCUT2D eigenvalue weighted by Crippen LogP contribution is 2.44. The van der Waals surface area contributed by atoms with Gasteiger partial charge >= 0.3 is 5.97 Å². The number of thioether (sulfide) groups is 1. The molecule has 2 atom stereocenters. The molecule has 3 aliphatic heterocycles. The molecule has 4 heterocycles. The molecule has 4 N–H and O–H groups in total. The van der Waals surface area contributed by atoms with Gasteiger partial charge < -0.3 is 20.9 Å². The average Bonchev–Trinajstić information content (AvgIpc) is 3.37. The van der Waals surface area contributed by atoms with Gasteiger partial charge in [0.05, 0.1) is 0 Å². The Bertz CT molecular complexity index is 1150. The summed E-state index contributed by atoms with van der Waals surface area (Å²) in [5, 5.41) is 22.3. The van der Waals surface area contributed by atoms with Gasteiger partial charge in [-0.15, -0.1) is 23.1 Å². The van der Waals surface area contributed by atoms with E-state index >= 15 is 0 Å². The summed E-state index contributed by atoms with van der Waals surface area (Å²) in [5.74, 6) is -3.00. The smallest absolute Gasteiger partial charge is 0.352 e. The average molecular weight is 511 g/mol. The van der Waals surface area contributed by atoms with Crippen molar-refractivity contribution in [1.82, 2.24) is 14.8 Å². The normalized spacial score (nSPS) is 23.6. The summed E-state index contributed by atoms with van der Waals surface area (Å²) in [7, 11) is 0. The van der Waals surface area contributed by atoms with Crippen LogP contribution in [-0.2, 0) is 19.2 Å². The minimum absolute atomic E-state index is 0.0355. The second-order valence-corrected chi connectivity index (χ2v) is 9.43. The molecule has 180 valence electrons. The fourth-order valence-electron chi connectivity index (χ4n) is 4.06. The predicted molar refractivity (Wildman–Crippen MR) is 121 cm³/mol. The van der Waals surface area contributed by atoms with Gasteiger partial charge in [-0.1, -0.05) is 5.16 Å². The topological polar surface area (TPSA) is 170 Å². The summed E-state index contributed by atoms with van der Waals surface area (Å²) in [6.07, 6.45) is 2.40. The highest BCUT2D eigenvalue weighted by Gasteiger charge is 2.57. The Balaban J connectivity index is 1.66. The molecule has 0 unspecified atom stereocenters. The number of nitrogen functional groups attached to an aromatic ring is 1. The number of carboxylic acid groups (broad SMARTS) is 1. The van der Waals surface area contributed by atoms with Crippen LogP contribution < -0.4 is 10.6 Å². The molecule has 0 spiro atoms. The monoisotopic (exact) mass is 510 g/mol. The Kier molecular flexibility index (Phi) is 6.56. The Hall–Kier alpha value is -3.46. The predicted octanol–water partition coefficient (Wildman–Crippen LogP) is 0.269. The molecule has 3 aliphatic rings. The van der Waals surface area contributed by atoms with Crippen molar-refractivity contribution in [3.8, 4) is 0 Å². The first-order chi connectivity index (χ1) is 16.3. The van der Waals surface area contributed by atoms with Crippen molar-refractivity contribution in [2.75, 3.05) is 36.2 Å². The number of aromatic nitrogens is 1. The summed E-state index contributed by atoms with van der Waals surface area (Å²) in [5.41, 5.74) is 6.00. The number of aliphatic carboxylic acids is 1. The van der Waals surface area contributed by atoms with Crippen molar-refractivity contribution in [3.63, 3.8) is 0 Å². The SMILES string of the molecule is Nc1nc(N(C(=O)C=NO)[C@@H]2C(=O)N3C(C(=O)O)=C(C=C4CCN(CCF)C4=O)CS[C@H]23)cs1. The lowest BCUT2D eigenvalue weighted by atomic mass is 10.00. The maximum Gasteiger partial charge on any atom is 0.352 e. The number of likely N-dealkylation sites (tertiary alicyclic amines) is 1. The second kappa shape index (κ2) is 9.42. The first-order valence-corrected chi connectivity index (χ1v) is 11.9. The van der Waals surface area contributed by atoms with Crippen LogP contribution in [-0.4, -0.2) is 91.9 Å². The molecular weight excluding hydrogens is 491 g/mol. The third-order valence-corrected chi connectivity index (χ3v) is 7.48. The van der Waals surface area contributed by atoms with Gasteiger partial charge in [0, 0.05) is 29.8 Å². The van der Waals surface area contributed by atoms with Crippen LogP contribution in [0.15, 0.2) is 33.5 Å². The Morgan fingerprint density at radius 3 is 2.79 bits per heavy atom. The number of rotatable bonds is 7. The number of thiazole rings is 1. The molecule has 0 bridgehead atoms. The first-order valence-electron chi connectivity index (χ1n) is 9.97. The summed E-state index contributed by atoms with van der Waals surface area (Å²) < 4.78 is 12.6. The zero-order valence-corrected chi connectivity index (χ0v) is 19.1. The number of allylic oxidation sites excluding steroid dienone is 1. The molecule has 12 nitrogen and oxygen atoms in total. The number of alkyl halides is 1. The van der Waals surface area contributed by atoms with E-state index in [4.69, 9.17) is 10.9 Å². The molecule has 4 rings (SSSR count). The molecule has 34 heavy (non-hydrogen) atoms. The van der Waals surface area contributed by atoms with E-state index in [1.807, 2.05) is 0 Å². The van der Waals surface area contributed by atoms with E-state index in [1.54, 1.807) is 0 Å². The third kappa shape index (κ3) is 4.00. The first kappa shape index (κ1) is 23.7. The van der Waals surface area contributed by atoms with Crippen LogP contribution in [0.25, 0.3) is 0 Å². The number of hydrogen-bond donors (Lipinski definition) is 3. The molecule has 3 amide bonds. The van der Waals surface area contributed by atoms with Crippen molar-refractivity contribution in [3.05, 3.63) is 28.3 Å². The Labute approximate surface area is 200 Å². The van der Waals surface area contributed by atoms with Crippen LogP contribution in [0.1, 0.15) is 6.42 Å². The van der Waals surface area contributed by atoms with Gasteiger partial charge in [0.25, 0.3) is 11.8 Å². The van der Waals surface area contributed by atoms with E-state index < -0.39 is 35.9 Å². The van der Waals surface area contributed by atoms with Gasteiger partial charge in [0.2, 0.25) is 5.91 Å². The number of carbonyl (C=O) groups excluding carboxylic acids is 3. The minimum Gasteiger partial charge on any atom is -0.477 e. The van der Waals surface area contributed by atoms with E-state index in [1.165, 1.54) is 28.1 Å². The van der Waals surface area contributed by atoms with Crippen LogP contribution in [0, 0.1) is 0 Å². The molecule has 0 saturated carbocycles. The highest BCUT2D eigenvalue weighted by atomic mass is 32.2. The van der Waals surface area contributed by atoms with E-state index in [9.17, 15) is 28.7 Å². The number of fused-ring (bicyclic) bond motifs is 1. The number of carboxylic acids is 1. The molecule has 0 aromatic carbocycles. The van der Waals surface area contributed by atoms with Crippen LogP contribution in [0.2, 0.25) is 0 Å². The number of anilines is 2. The Morgan fingerprint density at radius 1 is 1.41 bits per heavy atom. The van der Waals surface area contributed by atoms with E-state index in [-0.39, 0.29) is 40.4 Å². The number of carbonyl (C=O) groups is 4. The van der Waals surface area contributed by atoms with Gasteiger partial charge in [-0.05, 0) is 18.1 Å². The lowest BCUT2D eigenvalue weighted by Gasteiger charge is -2.51. The zero-order chi connectivity index (χ0) is 24.6. The van der Waals surface area contributed by atoms with E-state index in [0.29, 0.717) is 24.8 Å². The molecule has 0 radical (unpaired) electrons. The maximum atomic E-state index is 13.1. The zero-order valence-electron chi connectivity index (χ0n) is 17.5. The summed E-state index contributed by atoms with van der Waals surface area (Å²) in [6.45, 7) is -0.374. The molecule has 15 heteroatoms. The largest absolute Gasteiger partial charge is 0.477 e. The Morgan fingerprint density at radius 2 is 2.18 bits per heavy atom.